The number of hydrogen-bond donors (Lipinski definition) is 0. The summed E-state index contributed by atoms with van der Waals surface area (Å²) in [6.45, 7) is 0. The first kappa shape index (κ1) is 46.1. The van der Waals surface area contributed by atoms with Crippen molar-refractivity contribution in [1.29, 1.82) is 0 Å². The second-order valence-electron chi connectivity index (χ2n) is 12.6. The molecule has 54 heavy (non-hydrogen) atoms. The van der Waals surface area contributed by atoms with Crippen molar-refractivity contribution in [1.82, 2.24) is 0 Å². The van der Waals surface area contributed by atoms with Gasteiger partial charge in [0.15, 0.2) is 0 Å². The fourth-order valence-electron chi connectivity index (χ4n) is 7.06. The van der Waals surface area contributed by atoms with Crippen LogP contribution in [0.3, 0.4) is 0 Å². The second kappa shape index (κ2) is 22.1. The molecule has 0 amide bonds. The van der Waals surface area contributed by atoms with E-state index in [4.69, 9.17) is 0 Å². The second-order valence-corrected chi connectivity index (χ2v) is 91.5. The van der Waals surface area contributed by atoms with Gasteiger partial charge in [-0.05, 0) is 98.5 Å². The molecule has 2 aliphatic rings. The zero-order valence-electron chi connectivity index (χ0n) is 29.0. The molecule has 0 spiro atoms. The van der Waals surface area contributed by atoms with E-state index in [2.05, 4.69) is 295 Å². The van der Waals surface area contributed by atoms with E-state index in [9.17, 15) is 0 Å². The maximum Gasteiger partial charge on any atom is 0.115 e. The van der Waals surface area contributed by atoms with Crippen LogP contribution in [0.4, 0.5) is 0 Å². The zero-order valence-corrected chi connectivity index (χ0v) is 45.8. The molecule has 0 saturated heterocycles. The Morgan fingerprint density at radius 1 is 0.278 bits per heavy atom. The van der Waals surface area contributed by atoms with Crippen LogP contribution in [0.2, 0.25) is 0 Å². The molecular weight excluding hydrogens is 1320 g/mol. The molecule has 6 aromatic carbocycles. The molecule has 6 aromatic rings. The van der Waals surface area contributed by atoms with Crippen molar-refractivity contribution in [3.05, 3.63) is 182 Å². The van der Waals surface area contributed by atoms with Gasteiger partial charge in [0.25, 0.3) is 0 Å². The van der Waals surface area contributed by atoms with Gasteiger partial charge in [0.05, 0.1) is 11.3 Å². The monoisotopic (exact) mass is 1350 g/mol. The fourth-order valence-corrected chi connectivity index (χ4v) is 17.1. The molecule has 0 N–H and O–H groups in total. The Morgan fingerprint density at radius 3 is 0.519 bits per heavy atom. The predicted octanol–water partition coefficient (Wildman–Crippen LogP) is 15.0. The minimum Gasteiger partial charge on any atom is -0.0620 e. The van der Waals surface area contributed by atoms with E-state index in [-0.39, 0.29) is 0 Å². The van der Waals surface area contributed by atoms with Crippen molar-refractivity contribution in [2.75, 3.05) is 0 Å². The van der Waals surface area contributed by atoms with Crippen molar-refractivity contribution >= 4 is 159 Å². The van der Waals surface area contributed by atoms with Gasteiger partial charge in [-0.15, -0.1) is 0 Å². The molecule has 0 unspecified atom stereocenters. The van der Waals surface area contributed by atoms with E-state index < -0.39 is 25.8 Å². The standard InChI is InChI=1S/2C21H20P.8BrH.2Mn/c2*1-4-10-18(11-5-1)22(21-16-17-21,19-12-6-2-7-13-19)20-14-8-3-9-15-20;;;;;;;;;;/h2*1-15,21H,16-17H2;8*1H;;/q2*+1;;;;;;;;;2*+3/p-8. The summed E-state index contributed by atoms with van der Waals surface area (Å²) >= 11 is 26.1. The summed E-state index contributed by atoms with van der Waals surface area (Å²) in [7, 11) is -3.03. The Morgan fingerprint density at radius 2 is 0.407 bits per heavy atom. The van der Waals surface area contributed by atoms with E-state index in [1.807, 2.05) is 0 Å². The first-order valence-electron chi connectivity index (χ1n) is 17.1. The molecule has 2 fully saturated rings. The van der Waals surface area contributed by atoms with Crippen LogP contribution >= 0.6 is 127 Å². The molecule has 0 aromatic heterocycles. The van der Waals surface area contributed by atoms with E-state index in [1.165, 1.54) is 57.5 Å². The Kier molecular flexibility index (Phi) is 18.8. The van der Waals surface area contributed by atoms with Gasteiger partial charge in [0.1, 0.15) is 46.4 Å². The summed E-state index contributed by atoms with van der Waals surface area (Å²) in [6.07, 6.45) is 5.41. The molecular formula is C42H40Br8Mn2P2. The molecule has 0 aliphatic heterocycles. The molecule has 8 rings (SSSR count). The topological polar surface area (TPSA) is 0 Å². The summed E-state index contributed by atoms with van der Waals surface area (Å²) in [5.41, 5.74) is -1.14. The summed E-state index contributed by atoms with van der Waals surface area (Å²) < 4.78 is 0. The smallest absolute Gasteiger partial charge is 0.0620 e. The summed E-state index contributed by atoms with van der Waals surface area (Å²) in [5, 5.41) is 9.14. The number of halogens is 8. The molecule has 0 heterocycles. The molecule has 2 saturated carbocycles. The van der Waals surface area contributed by atoms with Crippen LogP contribution in [0.5, 0.6) is 0 Å². The maximum absolute atomic E-state index is 3.27. The van der Waals surface area contributed by atoms with Gasteiger partial charge >= 0.3 is 124 Å². The van der Waals surface area contributed by atoms with E-state index in [1.54, 1.807) is 0 Å². The van der Waals surface area contributed by atoms with Gasteiger partial charge in [0.2, 0.25) is 0 Å². The zero-order chi connectivity index (χ0) is 38.7. The van der Waals surface area contributed by atoms with Crippen LogP contribution < -0.4 is 31.8 Å². The van der Waals surface area contributed by atoms with Gasteiger partial charge < -0.3 is 0 Å². The van der Waals surface area contributed by atoms with Gasteiger partial charge in [0, 0.05) is 0 Å². The predicted molar refractivity (Wildman–Crippen MR) is 268 cm³/mol. The summed E-state index contributed by atoms with van der Waals surface area (Å²) in [6, 6.07) is 67.1. The van der Waals surface area contributed by atoms with Crippen molar-refractivity contribution in [3.8, 4) is 0 Å². The number of benzene rings is 6. The summed E-state index contributed by atoms with van der Waals surface area (Å²) in [4.78, 5) is 0. The molecule has 0 bridgehead atoms. The average molecular weight is 1360 g/mol. The van der Waals surface area contributed by atoms with Crippen molar-refractivity contribution < 1.29 is 11.2 Å². The Balaban J connectivity index is 0.000000167. The van der Waals surface area contributed by atoms with Gasteiger partial charge in [-0.2, -0.15) is 0 Å². The Bertz CT molecular complexity index is 1610. The third-order valence-corrected chi connectivity index (χ3v) is 19.1. The van der Waals surface area contributed by atoms with Crippen molar-refractivity contribution in [3.63, 3.8) is 0 Å². The SMILES string of the molecule is [Br][Mn-]([Br])([Br])[Br].[Br][Mn-]([Br])([Br])[Br].c1ccc([P+](c2ccccc2)(c2ccccc2)C2CC2)cc1.c1ccc([P+](c2ccccc2)(c2ccccc2)C2CC2)cc1. The minimum atomic E-state index is -1.51. The van der Waals surface area contributed by atoms with Gasteiger partial charge in [-0.25, -0.2) is 0 Å². The van der Waals surface area contributed by atoms with Crippen LogP contribution in [0.25, 0.3) is 0 Å². The van der Waals surface area contributed by atoms with Crippen molar-refractivity contribution in [2.45, 2.75) is 37.0 Å². The van der Waals surface area contributed by atoms with Crippen LogP contribution in [0.1, 0.15) is 25.7 Å². The first-order valence-corrected chi connectivity index (χ1v) is 44.2. The van der Waals surface area contributed by atoms with Gasteiger partial charge in [-0.1, -0.05) is 109 Å². The van der Waals surface area contributed by atoms with E-state index in [0.717, 1.165) is 11.3 Å². The number of rotatable bonds is 8. The molecule has 12 heteroatoms. The molecule has 0 nitrogen and oxygen atoms in total. The van der Waals surface area contributed by atoms with Crippen LogP contribution in [0, 0.1) is 0 Å². The largest absolute Gasteiger partial charge is 0.115 e. The normalized spacial score (nSPS) is 14.8. The Labute approximate surface area is 383 Å². The fraction of sp³-hybridized carbons (Fsp3) is 0.143. The third-order valence-electron chi connectivity index (χ3n) is 9.17. The van der Waals surface area contributed by atoms with Crippen molar-refractivity contribution in [2.24, 2.45) is 0 Å². The maximum atomic E-state index is 3.27. The molecule has 288 valence electrons. The average Bonchev–Trinajstić information content (AvgIpc) is 4.11. The molecule has 0 atom stereocenters. The quantitative estimate of drug-likeness (QED) is 0.105. The Hall–Kier alpha value is 1.06. The van der Waals surface area contributed by atoms with Crippen LogP contribution in [-0.4, -0.2) is 11.3 Å². The third kappa shape index (κ3) is 13.5. The minimum absolute atomic E-state index is 0.805. The summed E-state index contributed by atoms with van der Waals surface area (Å²) in [5.74, 6) is 0. The van der Waals surface area contributed by atoms with E-state index in [0.29, 0.717) is 0 Å². The molecule has 2 aliphatic carbocycles. The van der Waals surface area contributed by atoms with Gasteiger partial charge in [-0.3, -0.25) is 0 Å². The number of hydrogen-bond acceptors (Lipinski definition) is 0. The first-order chi connectivity index (χ1) is 25.8. The van der Waals surface area contributed by atoms with Crippen LogP contribution in [-0.2, 0) is 11.2 Å². The van der Waals surface area contributed by atoms with E-state index >= 15 is 0 Å². The van der Waals surface area contributed by atoms with Crippen LogP contribution in [0.15, 0.2) is 182 Å². The molecule has 0 radical (unpaired) electrons.